The molecule has 3 aromatic rings. The summed E-state index contributed by atoms with van der Waals surface area (Å²) in [6.45, 7) is 6.17. The van der Waals surface area contributed by atoms with Gasteiger partial charge in [0.25, 0.3) is 0 Å². The quantitative estimate of drug-likeness (QED) is 0.554. The van der Waals surface area contributed by atoms with E-state index < -0.39 is 0 Å². The second-order valence-corrected chi connectivity index (χ2v) is 5.03. The van der Waals surface area contributed by atoms with Crippen molar-refractivity contribution in [3.05, 3.63) is 65.5 Å². The van der Waals surface area contributed by atoms with Gasteiger partial charge in [-0.25, -0.2) is 0 Å². The summed E-state index contributed by atoms with van der Waals surface area (Å²) < 4.78 is 2.08. The Morgan fingerprint density at radius 3 is 2.29 bits per heavy atom. The molecule has 0 saturated heterocycles. The van der Waals surface area contributed by atoms with E-state index in [0.717, 1.165) is 22.9 Å². The summed E-state index contributed by atoms with van der Waals surface area (Å²) in [6.07, 6.45) is 0. The number of nitrogens with zero attached hydrogens (tertiary/aromatic N) is 3. The molecular weight excluding hydrogens is 438 g/mol. The molecular formula is C17H16IrN3-. The van der Waals surface area contributed by atoms with Crippen molar-refractivity contribution >= 4 is 0 Å². The third kappa shape index (κ3) is 3.12. The van der Waals surface area contributed by atoms with E-state index in [4.69, 9.17) is 0 Å². The van der Waals surface area contributed by atoms with Crippen LogP contribution in [0.4, 0.5) is 0 Å². The zero-order valence-electron chi connectivity index (χ0n) is 12.2. The summed E-state index contributed by atoms with van der Waals surface area (Å²) >= 11 is 0. The summed E-state index contributed by atoms with van der Waals surface area (Å²) in [5.41, 5.74) is 4.51. The molecule has 3 nitrogen and oxygen atoms in total. The van der Waals surface area contributed by atoms with E-state index in [2.05, 4.69) is 52.9 Å². The normalized spacial score (nSPS) is 10.2. The molecule has 0 N–H and O–H groups in total. The zero-order chi connectivity index (χ0) is 14.1. The van der Waals surface area contributed by atoms with Gasteiger partial charge in [0, 0.05) is 25.8 Å². The Balaban J connectivity index is 0.00000161. The first kappa shape index (κ1) is 15.6. The minimum atomic E-state index is 0. The van der Waals surface area contributed by atoms with Crippen LogP contribution in [0, 0.1) is 26.8 Å². The summed E-state index contributed by atoms with van der Waals surface area (Å²) in [6, 6.07) is 17.5. The SMILES string of the molecule is Cc1cc(C)cc(-n2c(C)nnc2-c2[c-]cccc2)c1.[Ir]. The Labute approximate surface area is 138 Å². The first-order valence-electron chi connectivity index (χ1n) is 6.63. The fraction of sp³-hybridized carbons (Fsp3) is 0.176. The number of aryl methyl sites for hydroxylation is 3. The van der Waals surface area contributed by atoms with Gasteiger partial charge in [-0.2, -0.15) is 5.10 Å². The van der Waals surface area contributed by atoms with Gasteiger partial charge in [0.05, 0.1) is 5.82 Å². The van der Waals surface area contributed by atoms with Crippen LogP contribution in [0.3, 0.4) is 0 Å². The third-order valence-electron chi connectivity index (χ3n) is 3.24. The van der Waals surface area contributed by atoms with Crippen LogP contribution in [0.2, 0.25) is 0 Å². The first-order valence-corrected chi connectivity index (χ1v) is 6.63. The van der Waals surface area contributed by atoms with Crippen molar-refractivity contribution in [1.29, 1.82) is 0 Å². The molecule has 1 heterocycles. The maximum absolute atomic E-state index is 4.30. The van der Waals surface area contributed by atoms with Crippen LogP contribution >= 0.6 is 0 Å². The second-order valence-electron chi connectivity index (χ2n) is 5.03. The summed E-state index contributed by atoms with van der Waals surface area (Å²) in [5, 5.41) is 8.53. The van der Waals surface area contributed by atoms with Gasteiger partial charge in [-0.1, -0.05) is 6.07 Å². The average Bonchev–Trinajstić information content (AvgIpc) is 2.80. The Hall–Kier alpha value is -1.77. The Morgan fingerprint density at radius 1 is 0.952 bits per heavy atom. The largest absolute Gasteiger partial charge is 0.320 e. The molecule has 0 fully saturated rings. The van der Waals surface area contributed by atoms with Crippen LogP contribution in [0.1, 0.15) is 17.0 Å². The number of benzene rings is 2. The molecule has 4 heteroatoms. The molecule has 109 valence electrons. The van der Waals surface area contributed by atoms with Crippen LogP contribution in [0.25, 0.3) is 17.1 Å². The van der Waals surface area contributed by atoms with E-state index in [1.54, 1.807) is 0 Å². The van der Waals surface area contributed by atoms with Crippen molar-refractivity contribution < 1.29 is 20.1 Å². The third-order valence-corrected chi connectivity index (χ3v) is 3.24. The van der Waals surface area contributed by atoms with Gasteiger partial charge in [0.1, 0.15) is 5.82 Å². The molecule has 0 aliphatic rings. The number of rotatable bonds is 2. The fourth-order valence-corrected chi connectivity index (χ4v) is 2.46. The standard InChI is InChI=1S/C17H16N3.Ir/c1-12-9-13(2)11-16(10-12)20-14(3)18-19-17(20)15-7-5-4-6-8-15;/h4-7,9-11H,1-3H3;/q-1;. The molecule has 3 rings (SSSR count). The molecule has 21 heavy (non-hydrogen) atoms. The van der Waals surface area contributed by atoms with Gasteiger partial charge in [-0.05, 0) is 44.0 Å². The molecule has 0 aliphatic heterocycles. The van der Waals surface area contributed by atoms with E-state index in [9.17, 15) is 0 Å². The molecule has 1 radical (unpaired) electrons. The van der Waals surface area contributed by atoms with Gasteiger partial charge < -0.3 is 4.57 Å². The number of aromatic nitrogens is 3. The maximum Gasteiger partial charge on any atom is 0.125 e. The van der Waals surface area contributed by atoms with Crippen molar-refractivity contribution in [3.8, 4) is 17.1 Å². The zero-order valence-corrected chi connectivity index (χ0v) is 14.6. The molecule has 0 saturated carbocycles. The van der Waals surface area contributed by atoms with E-state index in [-0.39, 0.29) is 20.1 Å². The molecule has 0 atom stereocenters. The Kier molecular flexibility index (Phi) is 4.71. The van der Waals surface area contributed by atoms with E-state index in [1.807, 2.05) is 31.2 Å². The predicted molar refractivity (Wildman–Crippen MR) is 79.8 cm³/mol. The molecule has 0 aliphatic carbocycles. The summed E-state index contributed by atoms with van der Waals surface area (Å²) in [4.78, 5) is 0. The van der Waals surface area contributed by atoms with Crippen LogP contribution in [0.5, 0.6) is 0 Å². The maximum atomic E-state index is 4.30. The van der Waals surface area contributed by atoms with E-state index >= 15 is 0 Å². The predicted octanol–water partition coefficient (Wildman–Crippen LogP) is 3.66. The van der Waals surface area contributed by atoms with E-state index in [1.165, 1.54) is 11.1 Å². The van der Waals surface area contributed by atoms with Crippen LogP contribution in [0.15, 0.2) is 42.5 Å². The van der Waals surface area contributed by atoms with Gasteiger partial charge in [0.15, 0.2) is 0 Å². The van der Waals surface area contributed by atoms with Gasteiger partial charge in [-0.3, -0.25) is 0 Å². The van der Waals surface area contributed by atoms with Gasteiger partial charge in [0.2, 0.25) is 0 Å². The van der Waals surface area contributed by atoms with Crippen LogP contribution in [-0.4, -0.2) is 14.8 Å². The topological polar surface area (TPSA) is 30.7 Å². The number of hydrogen-bond acceptors (Lipinski definition) is 2. The van der Waals surface area contributed by atoms with Crippen molar-refractivity contribution in [1.82, 2.24) is 14.8 Å². The monoisotopic (exact) mass is 455 g/mol. The Bertz CT molecular complexity index is 728. The van der Waals surface area contributed by atoms with Crippen LogP contribution < -0.4 is 0 Å². The molecule has 1 aromatic heterocycles. The fourth-order valence-electron chi connectivity index (χ4n) is 2.46. The average molecular weight is 455 g/mol. The van der Waals surface area contributed by atoms with Gasteiger partial charge in [-0.15, -0.1) is 41.0 Å². The molecule has 0 bridgehead atoms. The summed E-state index contributed by atoms with van der Waals surface area (Å²) in [5.74, 6) is 1.70. The molecule has 0 unspecified atom stereocenters. The van der Waals surface area contributed by atoms with Crippen molar-refractivity contribution in [2.24, 2.45) is 0 Å². The minimum Gasteiger partial charge on any atom is -0.320 e. The molecule has 0 spiro atoms. The van der Waals surface area contributed by atoms with Crippen molar-refractivity contribution in [3.63, 3.8) is 0 Å². The first-order chi connectivity index (χ1) is 9.65. The Morgan fingerprint density at radius 2 is 1.67 bits per heavy atom. The minimum absolute atomic E-state index is 0. The smallest absolute Gasteiger partial charge is 0.125 e. The molecule has 2 aromatic carbocycles. The second kappa shape index (κ2) is 6.33. The van der Waals surface area contributed by atoms with Crippen molar-refractivity contribution in [2.75, 3.05) is 0 Å². The van der Waals surface area contributed by atoms with Crippen LogP contribution in [-0.2, 0) is 20.1 Å². The molecule has 0 amide bonds. The van der Waals surface area contributed by atoms with Gasteiger partial charge >= 0.3 is 0 Å². The summed E-state index contributed by atoms with van der Waals surface area (Å²) in [7, 11) is 0. The van der Waals surface area contributed by atoms with Crippen molar-refractivity contribution in [2.45, 2.75) is 20.8 Å². The number of hydrogen-bond donors (Lipinski definition) is 0. The van der Waals surface area contributed by atoms with E-state index in [0.29, 0.717) is 0 Å².